The molecule has 2 aliphatic rings. The molecule has 0 spiro atoms. The van der Waals surface area contributed by atoms with Crippen LogP contribution in [-0.4, -0.2) is 23.5 Å². The number of likely N-dealkylation sites (tertiary alicyclic amines) is 1. The van der Waals surface area contributed by atoms with Crippen LogP contribution < -0.4 is 0 Å². The van der Waals surface area contributed by atoms with E-state index in [2.05, 4.69) is 24.8 Å². The summed E-state index contributed by atoms with van der Waals surface area (Å²) in [5, 5.41) is 0. The molecule has 0 unspecified atom stereocenters. The van der Waals surface area contributed by atoms with Crippen LogP contribution in [0.1, 0.15) is 25.8 Å². The lowest BCUT2D eigenvalue weighted by Crippen LogP contribution is -2.36. The zero-order valence-corrected chi connectivity index (χ0v) is 10.4. The number of nitrogens with zero attached hydrogens (tertiary/aromatic N) is 1. The van der Waals surface area contributed by atoms with Gasteiger partial charge in [0.25, 0.3) is 0 Å². The minimum Gasteiger partial charge on any atom is -0.294 e. The van der Waals surface area contributed by atoms with Gasteiger partial charge in [-0.3, -0.25) is 4.90 Å². The van der Waals surface area contributed by atoms with E-state index >= 15 is 0 Å². The van der Waals surface area contributed by atoms with E-state index in [0.717, 1.165) is 6.54 Å². The Labute approximate surface area is 102 Å². The lowest BCUT2D eigenvalue weighted by atomic mass is 9.95. The molecule has 0 N–H and O–H groups in total. The van der Waals surface area contributed by atoms with E-state index in [1.807, 2.05) is 12.1 Å². The van der Waals surface area contributed by atoms with Crippen LogP contribution in [0, 0.1) is 11.7 Å². The molecule has 1 aromatic rings. The molecule has 1 nitrogen and oxygen atoms in total. The van der Waals surface area contributed by atoms with Crippen LogP contribution in [-0.2, 0) is 0 Å². The molecule has 2 atom stereocenters. The molecule has 1 saturated heterocycles. The first-order valence-electron chi connectivity index (χ1n) is 6.38. The van der Waals surface area contributed by atoms with Gasteiger partial charge in [0.2, 0.25) is 0 Å². The normalized spacial score (nSPS) is 27.9. The molecule has 2 bridgehead atoms. The first-order chi connectivity index (χ1) is 8.15. The summed E-state index contributed by atoms with van der Waals surface area (Å²) < 4.78 is 12.9. The van der Waals surface area contributed by atoms with E-state index in [1.54, 1.807) is 12.1 Å². The number of fused-ring (bicyclic) bond motifs is 2. The number of rotatable bonds is 2. The molecule has 90 valence electrons. The van der Waals surface area contributed by atoms with Crippen LogP contribution in [0.5, 0.6) is 0 Å². The molecule has 3 rings (SSSR count). The summed E-state index contributed by atoms with van der Waals surface area (Å²) in [6.07, 6.45) is 3.62. The van der Waals surface area contributed by atoms with Gasteiger partial charge in [-0.1, -0.05) is 18.2 Å². The highest BCUT2D eigenvalue weighted by atomic mass is 19.1. The van der Waals surface area contributed by atoms with Crippen LogP contribution in [0.3, 0.4) is 0 Å². The largest absolute Gasteiger partial charge is 0.294 e. The Hall–Kier alpha value is -1.15. The molecule has 1 heterocycles. The van der Waals surface area contributed by atoms with Crippen molar-refractivity contribution in [2.24, 2.45) is 5.92 Å². The van der Waals surface area contributed by atoms with E-state index in [9.17, 15) is 4.39 Å². The average Bonchev–Trinajstić information content (AvgIpc) is 2.89. The highest BCUT2D eigenvalue weighted by molar-refractivity contribution is 5.71. The van der Waals surface area contributed by atoms with E-state index in [0.29, 0.717) is 18.0 Å². The van der Waals surface area contributed by atoms with Crippen LogP contribution in [0.15, 0.2) is 30.3 Å². The Morgan fingerprint density at radius 3 is 2.47 bits per heavy atom. The van der Waals surface area contributed by atoms with Gasteiger partial charge in [-0.05, 0) is 49.5 Å². The predicted molar refractivity (Wildman–Crippen MR) is 68.1 cm³/mol. The summed E-state index contributed by atoms with van der Waals surface area (Å²) in [6.45, 7) is 5.67. The van der Waals surface area contributed by atoms with Crippen molar-refractivity contribution < 1.29 is 4.39 Å². The van der Waals surface area contributed by atoms with Crippen molar-refractivity contribution in [3.05, 3.63) is 41.7 Å². The monoisotopic (exact) mass is 231 g/mol. The first kappa shape index (κ1) is 11.0. The minimum absolute atomic E-state index is 0.152. The molecular weight excluding hydrogens is 213 g/mol. The third-order valence-electron chi connectivity index (χ3n) is 4.04. The molecular formula is C15H18FN. The van der Waals surface area contributed by atoms with Gasteiger partial charge >= 0.3 is 0 Å². The summed E-state index contributed by atoms with van der Waals surface area (Å²) >= 11 is 0. The van der Waals surface area contributed by atoms with Crippen LogP contribution in [0.25, 0.3) is 5.57 Å². The second-order valence-electron chi connectivity index (χ2n) is 5.42. The van der Waals surface area contributed by atoms with Crippen LogP contribution >= 0.6 is 0 Å². The van der Waals surface area contributed by atoms with Crippen molar-refractivity contribution >= 4 is 5.57 Å². The molecule has 1 aliphatic heterocycles. The maximum Gasteiger partial charge on any atom is 0.123 e. The van der Waals surface area contributed by atoms with Crippen molar-refractivity contribution in [1.82, 2.24) is 4.90 Å². The SMILES string of the molecule is CC(C)N1C[C@H]2C[C@@H]1C=C2c1ccc(F)cc1. The van der Waals surface area contributed by atoms with Gasteiger partial charge in [0.1, 0.15) is 5.82 Å². The molecule has 1 aliphatic carbocycles. The maximum absolute atomic E-state index is 12.9. The molecule has 0 amide bonds. The fraction of sp³-hybridized carbons (Fsp3) is 0.467. The topological polar surface area (TPSA) is 3.24 Å². The fourth-order valence-corrected chi connectivity index (χ4v) is 3.19. The number of hydrogen-bond acceptors (Lipinski definition) is 1. The summed E-state index contributed by atoms with van der Waals surface area (Å²) in [4.78, 5) is 2.55. The van der Waals surface area contributed by atoms with Gasteiger partial charge < -0.3 is 0 Å². The molecule has 1 fully saturated rings. The predicted octanol–water partition coefficient (Wildman–Crippen LogP) is 3.32. The van der Waals surface area contributed by atoms with Crippen molar-refractivity contribution in [2.45, 2.75) is 32.4 Å². The zero-order chi connectivity index (χ0) is 12.0. The van der Waals surface area contributed by atoms with Crippen LogP contribution in [0.2, 0.25) is 0 Å². The third kappa shape index (κ3) is 1.81. The molecule has 0 saturated carbocycles. The smallest absolute Gasteiger partial charge is 0.123 e. The molecule has 17 heavy (non-hydrogen) atoms. The van der Waals surface area contributed by atoms with E-state index < -0.39 is 0 Å². The van der Waals surface area contributed by atoms with Crippen molar-refractivity contribution in [2.75, 3.05) is 6.54 Å². The lowest BCUT2D eigenvalue weighted by molar-refractivity contribution is 0.227. The van der Waals surface area contributed by atoms with E-state index in [4.69, 9.17) is 0 Å². The quantitative estimate of drug-likeness (QED) is 0.754. The first-order valence-corrected chi connectivity index (χ1v) is 6.38. The number of halogens is 1. The fourth-order valence-electron chi connectivity index (χ4n) is 3.19. The third-order valence-corrected chi connectivity index (χ3v) is 4.04. The summed E-state index contributed by atoms with van der Waals surface area (Å²) in [5.41, 5.74) is 2.62. The van der Waals surface area contributed by atoms with Gasteiger partial charge in [-0.15, -0.1) is 0 Å². The Balaban J connectivity index is 1.86. The number of hydrogen-bond donors (Lipinski definition) is 0. The molecule has 0 aromatic heterocycles. The second-order valence-corrected chi connectivity index (χ2v) is 5.42. The van der Waals surface area contributed by atoms with Gasteiger partial charge in [0.15, 0.2) is 0 Å². The van der Waals surface area contributed by atoms with Crippen molar-refractivity contribution in [3.63, 3.8) is 0 Å². The Kier molecular flexibility index (Phi) is 2.55. The Bertz CT molecular complexity index is 446. The molecule has 0 radical (unpaired) electrons. The standard InChI is InChI=1S/C15H18FN/c1-10(2)17-9-12-7-14(17)8-15(12)11-3-5-13(16)6-4-11/h3-6,8,10,12,14H,7,9H2,1-2H3/t12-,14-/m1/s1. The van der Waals surface area contributed by atoms with Gasteiger partial charge in [-0.25, -0.2) is 4.39 Å². The maximum atomic E-state index is 12.9. The molecule has 2 heteroatoms. The van der Waals surface area contributed by atoms with E-state index in [-0.39, 0.29) is 5.82 Å². The second kappa shape index (κ2) is 3.95. The highest BCUT2D eigenvalue weighted by Gasteiger charge is 2.39. The number of benzene rings is 1. The summed E-state index contributed by atoms with van der Waals surface area (Å²) in [6, 6.07) is 8.14. The Morgan fingerprint density at radius 1 is 1.24 bits per heavy atom. The van der Waals surface area contributed by atoms with Crippen molar-refractivity contribution in [1.29, 1.82) is 0 Å². The van der Waals surface area contributed by atoms with Gasteiger partial charge in [0, 0.05) is 18.6 Å². The zero-order valence-electron chi connectivity index (χ0n) is 10.4. The molecule has 1 aromatic carbocycles. The van der Waals surface area contributed by atoms with Gasteiger partial charge in [-0.2, -0.15) is 0 Å². The Morgan fingerprint density at radius 2 is 1.94 bits per heavy atom. The van der Waals surface area contributed by atoms with Crippen molar-refractivity contribution in [3.8, 4) is 0 Å². The average molecular weight is 231 g/mol. The minimum atomic E-state index is -0.152. The highest BCUT2D eigenvalue weighted by Crippen LogP contribution is 2.42. The summed E-state index contributed by atoms with van der Waals surface area (Å²) in [7, 11) is 0. The van der Waals surface area contributed by atoms with Gasteiger partial charge in [0.05, 0.1) is 0 Å². The summed E-state index contributed by atoms with van der Waals surface area (Å²) in [5.74, 6) is 0.495. The lowest BCUT2D eigenvalue weighted by Gasteiger charge is -2.29. The van der Waals surface area contributed by atoms with E-state index in [1.165, 1.54) is 17.6 Å². The van der Waals surface area contributed by atoms with Crippen LogP contribution in [0.4, 0.5) is 4.39 Å².